The molecule has 2 aliphatic rings. The molecular weight excluding hydrogens is 670 g/mol. The van der Waals surface area contributed by atoms with Gasteiger partial charge in [0.2, 0.25) is 23.0 Å². The predicted octanol–water partition coefficient (Wildman–Crippen LogP) is 5.20. The number of carbonyl (C=O) groups is 3. The highest BCUT2D eigenvalue weighted by molar-refractivity contribution is 5.84. The van der Waals surface area contributed by atoms with Gasteiger partial charge in [0.15, 0.2) is 17.3 Å². The molecule has 1 aliphatic heterocycles. The first-order chi connectivity index (χ1) is 24.5. The van der Waals surface area contributed by atoms with E-state index in [1.54, 1.807) is 33.5 Å². The molecule has 0 aromatic heterocycles. The van der Waals surface area contributed by atoms with Crippen LogP contribution in [0.2, 0.25) is 0 Å². The monoisotopic (exact) mass is 725 g/mol. The van der Waals surface area contributed by atoms with Crippen LogP contribution in [0.1, 0.15) is 97.2 Å². The van der Waals surface area contributed by atoms with Crippen molar-refractivity contribution in [3.8, 4) is 28.4 Å². The minimum atomic E-state index is -0.862. The summed E-state index contributed by atoms with van der Waals surface area (Å²) >= 11 is 0. The van der Waals surface area contributed by atoms with Gasteiger partial charge < -0.3 is 44.4 Å². The zero-order valence-corrected chi connectivity index (χ0v) is 32.0. The first kappa shape index (κ1) is 40.4. The number of fused-ring (bicyclic) bond motifs is 3. The third kappa shape index (κ3) is 10.8. The van der Waals surface area contributed by atoms with Gasteiger partial charge in [0, 0.05) is 38.4 Å². The zero-order valence-electron chi connectivity index (χ0n) is 32.0. The van der Waals surface area contributed by atoms with E-state index in [1.807, 2.05) is 46.8 Å². The lowest BCUT2D eigenvalue weighted by molar-refractivity contribution is -0.300. The van der Waals surface area contributed by atoms with E-state index in [1.165, 1.54) is 6.92 Å². The highest BCUT2D eigenvalue weighted by Crippen LogP contribution is 2.50. The number of amides is 2. The van der Waals surface area contributed by atoms with Crippen molar-refractivity contribution in [1.82, 2.24) is 10.6 Å². The van der Waals surface area contributed by atoms with Gasteiger partial charge in [-0.05, 0) is 95.2 Å². The van der Waals surface area contributed by atoms with Crippen LogP contribution in [0.3, 0.4) is 0 Å². The topological polar surface area (TPSA) is 160 Å². The molecule has 3 N–H and O–H groups in total. The molecule has 2 aromatic carbocycles. The fourth-order valence-corrected chi connectivity index (χ4v) is 6.88. The minimum absolute atomic E-state index is 0.114. The second-order valence-corrected chi connectivity index (χ2v) is 14.7. The van der Waals surface area contributed by atoms with E-state index >= 15 is 0 Å². The lowest BCUT2D eigenvalue weighted by Crippen LogP contribution is -2.46. The number of benzene rings is 1. The summed E-state index contributed by atoms with van der Waals surface area (Å²) < 4.78 is 34.6. The van der Waals surface area contributed by atoms with Crippen molar-refractivity contribution in [3.63, 3.8) is 0 Å². The van der Waals surface area contributed by atoms with Gasteiger partial charge in [-0.15, -0.1) is 0 Å². The van der Waals surface area contributed by atoms with Crippen LogP contribution in [0.5, 0.6) is 17.2 Å². The Morgan fingerprint density at radius 1 is 0.962 bits per heavy atom. The molecule has 2 amide bonds. The second kappa shape index (κ2) is 17.4. The number of nitrogens with one attached hydrogen (secondary N) is 3. The Balaban J connectivity index is 1.38. The summed E-state index contributed by atoms with van der Waals surface area (Å²) in [5.41, 5.74) is 2.68. The van der Waals surface area contributed by atoms with Crippen molar-refractivity contribution < 1.29 is 42.8 Å². The number of ether oxygens (including phenoxy) is 6. The molecule has 52 heavy (non-hydrogen) atoms. The van der Waals surface area contributed by atoms with Gasteiger partial charge in [-0.3, -0.25) is 19.2 Å². The summed E-state index contributed by atoms with van der Waals surface area (Å²) in [7, 11) is 4.66. The standard InChI is InChI=1S/C39H55N3O10/c1-23(43)42-29-14-12-24-19-32(47-7)36(48-8)37(49-9)35(24)27-13-15-30(31(44)22-28(27)29)40-17-10-11-33(45)41-18-16-25-20-26(51-39(5,6)50-25)21-34(46)52-38(2,3)4/h13,15,19,22,25-26,29H,10-12,14,16-18,20-21H2,1-9H3,(H,40,44)(H,41,45)(H,42,43)/t25-,26-,29+/m0/s1. The fourth-order valence-electron chi connectivity index (χ4n) is 6.88. The number of hydrogen-bond acceptors (Lipinski definition) is 11. The van der Waals surface area contributed by atoms with Crippen LogP contribution in [-0.4, -0.2) is 75.8 Å². The highest BCUT2D eigenvalue weighted by atomic mass is 16.7. The zero-order chi connectivity index (χ0) is 38.2. The summed E-state index contributed by atoms with van der Waals surface area (Å²) in [6, 6.07) is 6.65. The molecule has 1 heterocycles. The number of carbonyl (C=O) groups excluding carboxylic acids is 3. The van der Waals surface area contributed by atoms with Crippen LogP contribution in [0, 0.1) is 0 Å². The first-order valence-electron chi connectivity index (χ1n) is 17.9. The number of hydrogen-bond donors (Lipinski definition) is 3. The third-order valence-corrected chi connectivity index (χ3v) is 8.84. The van der Waals surface area contributed by atoms with Gasteiger partial charge >= 0.3 is 5.97 Å². The Hall–Kier alpha value is -4.36. The van der Waals surface area contributed by atoms with Gasteiger partial charge in [-0.25, -0.2) is 0 Å². The van der Waals surface area contributed by atoms with Gasteiger partial charge in [-0.1, -0.05) is 6.07 Å². The molecule has 1 aliphatic carbocycles. The van der Waals surface area contributed by atoms with E-state index in [0.29, 0.717) is 73.7 Å². The van der Waals surface area contributed by atoms with Crippen LogP contribution in [0.4, 0.5) is 5.69 Å². The van der Waals surface area contributed by atoms with Crippen molar-refractivity contribution >= 4 is 23.5 Å². The van der Waals surface area contributed by atoms with Crippen molar-refractivity contribution in [3.05, 3.63) is 45.6 Å². The maximum absolute atomic E-state index is 13.6. The number of anilines is 1. The highest BCUT2D eigenvalue weighted by Gasteiger charge is 2.37. The molecule has 1 saturated heterocycles. The van der Waals surface area contributed by atoms with Crippen LogP contribution in [-0.2, 0) is 35.0 Å². The number of aryl methyl sites for hydroxylation is 1. The Labute approximate surface area is 306 Å². The number of esters is 1. The average molecular weight is 726 g/mol. The van der Waals surface area contributed by atoms with Crippen molar-refractivity contribution in [2.24, 2.45) is 0 Å². The third-order valence-electron chi connectivity index (χ3n) is 8.84. The van der Waals surface area contributed by atoms with Gasteiger partial charge in [0.1, 0.15) is 5.60 Å². The lowest BCUT2D eigenvalue weighted by Gasteiger charge is -2.40. The molecule has 13 nitrogen and oxygen atoms in total. The predicted molar refractivity (Wildman–Crippen MR) is 197 cm³/mol. The largest absolute Gasteiger partial charge is 0.493 e. The molecule has 0 unspecified atom stereocenters. The normalized spacial score (nSPS) is 19.2. The number of rotatable bonds is 14. The smallest absolute Gasteiger partial charge is 0.308 e. The van der Waals surface area contributed by atoms with E-state index < -0.39 is 17.4 Å². The Bertz CT molecular complexity index is 1670. The molecule has 0 spiro atoms. The van der Waals surface area contributed by atoms with Gasteiger partial charge in [0.25, 0.3) is 0 Å². The molecule has 286 valence electrons. The van der Waals surface area contributed by atoms with Crippen molar-refractivity contribution in [2.75, 3.05) is 39.7 Å². The van der Waals surface area contributed by atoms with E-state index in [-0.39, 0.29) is 48.3 Å². The Morgan fingerprint density at radius 3 is 2.33 bits per heavy atom. The lowest BCUT2D eigenvalue weighted by atomic mass is 9.95. The maximum atomic E-state index is 13.6. The summed E-state index contributed by atoms with van der Waals surface area (Å²) in [6.45, 7) is 11.4. The quantitative estimate of drug-likeness (QED) is 0.174. The minimum Gasteiger partial charge on any atom is -0.493 e. The van der Waals surface area contributed by atoms with Crippen LogP contribution in [0.25, 0.3) is 11.1 Å². The van der Waals surface area contributed by atoms with Crippen molar-refractivity contribution in [2.45, 2.75) is 116 Å². The molecule has 0 radical (unpaired) electrons. The average Bonchev–Trinajstić information content (AvgIpc) is 3.28. The molecule has 0 saturated carbocycles. The molecule has 1 fully saturated rings. The molecule has 0 bridgehead atoms. The van der Waals surface area contributed by atoms with Crippen molar-refractivity contribution in [1.29, 1.82) is 0 Å². The van der Waals surface area contributed by atoms with Crippen LogP contribution in [0.15, 0.2) is 29.1 Å². The molecular formula is C39H55N3O10. The van der Waals surface area contributed by atoms with E-state index in [9.17, 15) is 19.2 Å². The van der Waals surface area contributed by atoms with E-state index in [0.717, 1.165) is 16.7 Å². The Morgan fingerprint density at radius 2 is 1.67 bits per heavy atom. The summed E-state index contributed by atoms with van der Waals surface area (Å²) in [6.07, 6.45) is 2.60. The maximum Gasteiger partial charge on any atom is 0.308 e. The molecule has 4 rings (SSSR count). The molecule has 3 atom stereocenters. The number of methoxy groups -OCH3 is 3. The van der Waals surface area contributed by atoms with Gasteiger partial charge in [-0.2, -0.15) is 0 Å². The van der Waals surface area contributed by atoms with Crippen LogP contribution < -0.4 is 35.6 Å². The Kier molecular flexibility index (Phi) is 13.6. The molecule has 13 heteroatoms. The van der Waals surface area contributed by atoms with Gasteiger partial charge in [0.05, 0.1) is 51.7 Å². The summed E-state index contributed by atoms with van der Waals surface area (Å²) in [4.78, 5) is 50.9. The summed E-state index contributed by atoms with van der Waals surface area (Å²) in [5, 5.41) is 9.17. The SMILES string of the molecule is COc1cc2c(c(OC)c1OC)-c1ccc(NCCCC(=O)NCC[C@H]3C[C@@H](CC(=O)OC(C)(C)C)OC(C)(C)O3)c(=O)cc1[C@H](NC(C)=O)CC2. The first-order valence-corrected chi connectivity index (χ1v) is 17.9. The second-order valence-electron chi connectivity index (χ2n) is 14.7. The fraction of sp³-hybridized carbons (Fsp3) is 0.590. The summed E-state index contributed by atoms with van der Waals surface area (Å²) in [5.74, 6) is -0.0557. The molecule has 2 aromatic rings. The van der Waals surface area contributed by atoms with E-state index in [2.05, 4.69) is 16.0 Å². The van der Waals surface area contributed by atoms with Crippen LogP contribution >= 0.6 is 0 Å². The van der Waals surface area contributed by atoms with E-state index in [4.69, 9.17) is 28.4 Å².